The zero-order chi connectivity index (χ0) is 17.9. The Hall–Kier alpha value is -1.62. The van der Waals surface area contributed by atoms with Gasteiger partial charge in [-0.3, -0.25) is 0 Å². The molecule has 138 valence electrons. The summed E-state index contributed by atoms with van der Waals surface area (Å²) in [7, 11) is 0. The van der Waals surface area contributed by atoms with E-state index in [0.29, 0.717) is 22.4 Å². The highest BCUT2D eigenvalue weighted by Gasteiger charge is 2.23. The number of benzene rings is 1. The van der Waals surface area contributed by atoms with Crippen molar-refractivity contribution in [3.8, 4) is 5.75 Å². The Morgan fingerprint density at radius 3 is 2.46 bits per heavy atom. The molecule has 1 aromatic heterocycles. The molecule has 2 aliphatic carbocycles. The van der Waals surface area contributed by atoms with Crippen LogP contribution in [0.5, 0.6) is 5.75 Å². The summed E-state index contributed by atoms with van der Waals surface area (Å²) in [6.07, 6.45) is 8.10. The smallest absolute Gasteiger partial charge is 0.191 e. The molecule has 2 aromatic rings. The molecule has 0 atom stereocenters. The fourth-order valence-corrected chi connectivity index (χ4v) is 4.69. The Kier molecular flexibility index (Phi) is 5.44. The summed E-state index contributed by atoms with van der Waals surface area (Å²) < 4.78 is 33.9. The predicted molar refractivity (Wildman–Crippen MR) is 99.5 cm³/mol. The number of hydrogen-bond donors (Lipinski definition) is 0. The molecule has 1 heterocycles. The van der Waals surface area contributed by atoms with E-state index in [1.807, 2.05) is 18.2 Å². The van der Waals surface area contributed by atoms with Gasteiger partial charge in [0.15, 0.2) is 17.4 Å². The zero-order valence-electron chi connectivity index (χ0n) is 14.7. The maximum atomic E-state index is 14.2. The molecule has 2 saturated carbocycles. The van der Waals surface area contributed by atoms with E-state index in [4.69, 9.17) is 4.74 Å². The fourth-order valence-electron chi connectivity index (χ4n) is 3.45. The summed E-state index contributed by atoms with van der Waals surface area (Å²) in [5, 5.41) is 1.59. The lowest BCUT2D eigenvalue weighted by molar-refractivity contribution is 0.269. The Morgan fingerprint density at radius 2 is 1.77 bits per heavy atom. The number of aromatic nitrogens is 1. The van der Waals surface area contributed by atoms with Crippen molar-refractivity contribution in [3.05, 3.63) is 53.2 Å². The van der Waals surface area contributed by atoms with Crippen LogP contribution in [0.4, 0.5) is 8.78 Å². The average Bonchev–Trinajstić information content (AvgIpc) is 3.27. The summed E-state index contributed by atoms with van der Waals surface area (Å²) in [6, 6.07) is 8.54. The first-order valence-electron chi connectivity index (χ1n) is 9.40. The van der Waals surface area contributed by atoms with Crippen molar-refractivity contribution in [3.63, 3.8) is 0 Å². The van der Waals surface area contributed by atoms with Crippen molar-refractivity contribution in [2.45, 2.75) is 61.8 Å². The van der Waals surface area contributed by atoms with Crippen LogP contribution in [0.25, 0.3) is 0 Å². The molecule has 0 spiro atoms. The lowest BCUT2D eigenvalue weighted by Gasteiger charge is -2.11. The lowest BCUT2D eigenvalue weighted by Crippen LogP contribution is -2.04. The molecule has 0 unspecified atom stereocenters. The highest BCUT2D eigenvalue weighted by atomic mass is 32.2. The van der Waals surface area contributed by atoms with Gasteiger partial charge in [0, 0.05) is 5.25 Å². The van der Waals surface area contributed by atoms with Gasteiger partial charge in [0.05, 0.1) is 10.7 Å². The fraction of sp³-hybridized carbons (Fsp3) is 0.476. The van der Waals surface area contributed by atoms with Gasteiger partial charge in [0.1, 0.15) is 6.61 Å². The largest absolute Gasteiger partial charge is 0.481 e. The summed E-state index contributed by atoms with van der Waals surface area (Å²) in [6.45, 7) is 0.0644. The molecular weight excluding hydrogens is 352 g/mol. The molecule has 2 fully saturated rings. The van der Waals surface area contributed by atoms with E-state index in [9.17, 15) is 8.78 Å². The monoisotopic (exact) mass is 375 g/mol. The number of rotatable bonds is 7. The average molecular weight is 375 g/mol. The second-order valence-electron chi connectivity index (χ2n) is 7.32. The highest BCUT2D eigenvalue weighted by Crippen LogP contribution is 2.35. The van der Waals surface area contributed by atoms with E-state index in [0.717, 1.165) is 24.3 Å². The van der Waals surface area contributed by atoms with Gasteiger partial charge < -0.3 is 4.74 Å². The van der Waals surface area contributed by atoms with Crippen LogP contribution >= 0.6 is 11.8 Å². The van der Waals surface area contributed by atoms with Crippen LogP contribution in [0.1, 0.15) is 49.8 Å². The van der Waals surface area contributed by atoms with Crippen molar-refractivity contribution in [2.24, 2.45) is 5.92 Å². The number of hydrogen-bond acceptors (Lipinski definition) is 3. The SMILES string of the molecule is Fc1cc(CC2CC2)cc(F)c1OCc1cccc(SC2CCCC2)n1. The minimum atomic E-state index is -0.628. The van der Waals surface area contributed by atoms with Crippen LogP contribution in [0.15, 0.2) is 35.4 Å². The van der Waals surface area contributed by atoms with Crippen molar-refractivity contribution in [2.75, 3.05) is 0 Å². The first-order valence-corrected chi connectivity index (χ1v) is 10.3. The van der Waals surface area contributed by atoms with Gasteiger partial charge in [-0.1, -0.05) is 18.9 Å². The molecule has 0 saturated heterocycles. The maximum absolute atomic E-state index is 14.2. The van der Waals surface area contributed by atoms with Crippen LogP contribution < -0.4 is 4.74 Å². The Bertz CT molecular complexity index is 749. The normalized spacial score (nSPS) is 17.6. The maximum Gasteiger partial charge on any atom is 0.191 e. The van der Waals surface area contributed by atoms with E-state index >= 15 is 0 Å². The van der Waals surface area contributed by atoms with Gasteiger partial charge in [-0.05, 0) is 67.9 Å². The van der Waals surface area contributed by atoms with E-state index < -0.39 is 11.6 Å². The van der Waals surface area contributed by atoms with Gasteiger partial charge in [-0.2, -0.15) is 0 Å². The van der Waals surface area contributed by atoms with Crippen molar-refractivity contribution in [1.29, 1.82) is 0 Å². The van der Waals surface area contributed by atoms with Gasteiger partial charge in [-0.15, -0.1) is 11.8 Å². The molecule has 0 bridgehead atoms. The van der Waals surface area contributed by atoms with Gasteiger partial charge >= 0.3 is 0 Å². The molecule has 0 amide bonds. The third kappa shape index (κ3) is 4.56. The zero-order valence-corrected chi connectivity index (χ0v) is 15.5. The van der Waals surface area contributed by atoms with E-state index in [-0.39, 0.29) is 12.4 Å². The summed E-state index contributed by atoms with van der Waals surface area (Å²) >= 11 is 1.79. The highest BCUT2D eigenvalue weighted by molar-refractivity contribution is 7.99. The second kappa shape index (κ2) is 7.95. The Morgan fingerprint density at radius 1 is 1.04 bits per heavy atom. The topological polar surface area (TPSA) is 22.1 Å². The minimum Gasteiger partial charge on any atom is -0.481 e. The molecule has 2 nitrogen and oxygen atoms in total. The van der Waals surface area contributed by atoms with Crippen molar-refractivity contribution >= 4 is 11.8 Å². The number of thioether (sulfide) groups is 1. The molecule has 1 aromatic carbocycles. The molecule has 0 radical (unpaired) electrons. The predicted octanol–water partition coefficient (Wildman–Crippen LogP) is 5.93. The number of ether oxygens (including phenoxy) is 1. The first-order chi connectivity index (χ1) is 12.7. The molecule has 0 aliphatic heterocycles. The third-order valence-corrected chi connectivity index (χ3v) is 6.29. The van der Waals surface area contributed by atoms with Crippen LogP contribution in [-0.4, -0.2) is 10.2 Å². The van der Waals surface area contributed by atoms with Crippen LogP contribution in [-0.2, 0) is 13.0 Å². The molecule has 2 aliphatic rings. The van der Waals surface area contributed by atoms with Crippen LogP contribution in [0.2, 0.25) is 0 Å². The lowest BCUT2D eigenvalue weighted by atomic mass is 10.1. The Labute approximate surface area is 157 Å². The third-order valence-electron chi connectivity index (χ3n) is 5.01. The van der Waals surface area contributed by atoms with E-state index in [2.05, 4.69) is 4.98 Å². The van der Waals surface area contributed by atoms with Crippen LogP contribution in [0, 0.1) is 17.6 Å². The van der Waals surface area contributed by atoms with Gasteiger partial charge in [-0.25, -0.2) is 13.8 Å². The standard InChI is InChI=1S/C21H23F2NOS/c22-18-11-15(10-14-8-9-14)12-19(23)21(18)25-13-16-4-3-7-20(24-16)26-17-5-1-2-6-17/h3-4,7,11-12,14,17H,1-2,5-6,8-10,13H2. The van der Waals surface area contributed by atoms with Crippen molar-refractivity contribution in [1.82, 2.24) is 4.98 Å². The summed E-state index contributed by atoms with van der Waals surface area (Å²) in [5.74, 6) is -0.973. The van der Waals surface area contributed by atoms with Crippen LogP contribution in [0.3, 0.4) is 0 Å². The number of halogens is 2. The second-order valence-corrected chi connectivity index (χ2v) is 8.64. The Balaban J connectivity index is 1.40. The molecule has 5 heteroatoms. The molecule has 4 rings (SSSR count). The quantitative estimate of drug-likeness (QED) is 0.599. The molecule has 26 heavy (non-hydrogen) atoms. The molecule has 0 N–H and O–H groups in total. The van der Waals surface area contributed by atoms with Gasteiger partial charge in [0.25, 0.3) is 0 Å². The van der Waals surface area contributed by atoms with Crippen molar-refractivity contribution < 1.29 is 13.5 Å². The number of pyridine rings is 1. The molecular formula is C21H23F2NOS. The van der Waals surface area contributed by atoms with E-state index in [1.54, 1.807) is 11.8 Å². The summed E-state index contributed by atoms with van der Waals surface area (Å²) in [4.78, 5) is 4.57. The van der Waals surface area contributed by atoms with E-state index in [1.165, 1.54) is 37.8 Å². The minimum absolute atomic E-state index is 0.0644. The summed E-state index contributed by atoms with van der Waals surface area (Å²) in [5.41, 5.74) is 1.40. The van der Waals surface area contributed by atoms with Gasteiger partial charge in [0.2, 0.25) is 0 Å². The first kappa shape index (κ1) is 17.8. The number of nitrogens with zero attached hydrogens (tertiary/aromatic N) is 1.